The smallest absolute Gasteiger partial charge is 0.338 e. The monoisotopic (exact) mass is 299 g/mol. The molecule has 0 bridgehead atoms. The normalized spacial score (nSPS) is 13.7. The van der Waals surface area contributed by atoms with Gasteiger partial charge in [-0.25, -0.2) is 0 Å². The van der Waals surface area contributed by atoms with Crippen molar-refractivity contribution in [3.8, 4) is 0 Å². The lowest BCUT2D eigenvalue weighted by Gasteiger charge is -2.09. The topological polar surface area (TPSA) is 64.9 Å². The van der Waals surface area contributed by atoms with Gasteiger partial charge >= 0.3 is 6.18 Å². The number of nitrogens with zero attached hydrogens (tertiary/aromatic N) is 2. The van der Waals surface area contributed by atoms with Crippen LogP contribution in [0.4, 0.5) is 13.2 Å². The van der Waals surface area contributed by atoms with Crippen LogP contribution in [0.2, 0.25) is 0 Å². The van der Waals surface area contributed by atoms with Gasteiger partial charge < -0.3 is 10.3 Å². The maximum atomic E-state index is 12.6. The molecule has 21 heavy (non-hydrogen) atoms. The molecule has 1 aromatic carbocycles. The first-order chi connectivity index (χ1) is 9.77. The first kappa shape index (κ1) is 15.5. The minimum absolute atomic E-state index is 0.131. The largest absolute Gasteiger partial charge is 0.416 e. The molecule has 0 saturated heterocycles. The molecule has 0 spiro atoms. The molecule has 0 aliphatic rings. The van der Waals surface area contributed by atoms with E-state index in [0.717, 1.165) is 12.1 Å². The van der Waals surface area contributed by atoms with Gasteiger partial charge in [0.15, 0.2) is 5.82 Å². The third kappa shape index (κ3) is 3.81. The van der Waals surface area contributed by atoms with E-state index >= 15 is 0 Å². The van der Waals surface area contributed by atoms with Crippen molar-refractivity contribution >= 4 is 0 Å². The molecule has 0 aliphatic carbocycles. The second kappa shape index (κ2) is 5.85. The van der Waals surface area contributed by atoms with Crippen molar-refractivity contribution in [1.29, 1.82) is 0 Å². The number of benzene rings is 1. The summed E-state index contributed by atoms with van der Waals surface area (Å²) in [4.78, 5) is 4.13. The van der Waals surface area contributed by atoms with Gasteiger partial charge in [0.25, 0.3) is 0 Å². The zero-order valence-electron chi connectivity index (χ0n) is 11.7. The summed E-state index contributed by atoms with van der Waals surface area (Å²) in [6.07, 6.45) is -4.20. The Morgan fingerprint density at radius 3 is 2.62 bits per heavy atom. The van der Waals surface area contributed by atoms with Crippen LogP contribution in [-0.2, 0) is 12.6 Å². The van der Waals surface area contributed by atoms with E-state index in [2.05, 4.69) is 10.1 Å². The predicted molar refractivity (Wildman–Crippen MR) is 70.3 cm³/mol. The maximum absolute atomic E-state index is 12.6. The Morgan fingerprint density at radius 2 is 2.00 bits per heavy atom. The number of alkyl halides is 3. The average Bonchev–Trinajstić information content (AvgIpc) is 2.85. The van der Waals surface area contributed by atoms with E-state index in [-0.39, 0.29) is 18.4 Å². The molecule has 0 aliphatic heterocycles. The van der Waals surface area contributed by atoms with Crippen molar-refractivity contribution in [3.63, 3.8) is 0 Å². The molecule has 0 amide bonds. The second-order valence-electron chi connectivity index (χ2n) is 5.19. The number of rotatable bonds is 4. The van der Waals surface area contributed by atoms with Gasteiger partial charge in [0.2, 0.25) is 5.89 Å². The van der Waals surface area contributed by atoms with Crippen LogP contribution >= 0.6 is 0 Å². The molecular formula is C14H16F3N3O. The summed E-state index contributed by atoms with van der Waals surface area (Å²) in [5.74, 6) is 0.749. The number of halogens is 3. The van der Waals surface area contributed by atoms with Crippen LogP contribution in [0.1, 0.15) is 42.7 Å². The van der Waals surface area contributed by atoms with Crippen LogP contribution in [0.5, 0.6) is 0 Å². The van der Waals surface area contributed by atoms with Crippen LogP contribution in [0, 0.1) is 5.92 Å². The van der Waals surface area contributed by atoms with Gasteiger partial charge in [0.1, 0.15) is 0 Å². The third-order valence-corrected chi connectivity index (χ3v) is 3.10. The highest BCUT2D eigenvalue weighted by Gasteiger charge is 2.30. The standard InChI is InChI=1S/C14H16F3N3O/c1-8(2)12(18)13-19-11(20-21-13)7-9-4-3-5-10(6-9)14(15,16)17/h3-6,8,12H,7,18H2,1-2H3. The first-order valence-electron chi connectivity index (χ1n) is 6.51. The van der Waals surface area contributed by atoms with Gasteiger partial charge in [-0.05, 0) is 17.5 Å². The molecule has 2 aromatic rings. The number of hydrogen-bond donors (Lipinski definition) is 1. The summed E-state index contributed by atoms with van der Waals surface area (Å²) in [6, 6.07) is 4.68. The van der Waals surface area contributed by atoms with Crippen molar-refractivity contribution in [1.82, 2.24) is 10.1 Å². The molecule has 2 N–H and O–H groups in total. The van der Waals surface area contributed by atoms with E-state index in [1.54, 1.807) is 6.07 Å². The van der Waals surface area contributed by atoms with Crippen molar-refractivity contribution in [3.05, 3.63) is 47.1 Å². The Hall–Kier alpha value is -1.89. The molecule has 1 aromatic heterocycles. The summed E-state index contributed by atoms with van der Waals surface area (Å²) >= 11 is 0. The molecule has 1 heterocycles. The zero-order chi connectivity index (χ0) is 15.6. The third-order valence-electron chi connectivity index (χ3n) is 3.10. The molecule has 0 radical (unpaired) electrons. The van der Waals surface area contributed by atoms with Gasteiger partial charge in [-0.1, -0.05) is 37.2 Å². The van der Waals surface area contributed by atoms with Crippen LogP contribution < -0.4 is 5.73 Å². The van der Waals surface area contributed by atoms with Crippen LogP contribution in [0.3, 0.4) is 0 Å². The fraction of sp³-hybridized carbons (Fsp3) is 0.429. The highest BCUT2D eigenvalue weighted by Crippen LogP contribution is 2.29. The van der Waals surface area contributed by atoms with Crippen molar-refractivity contribution < 1.29 is 17.7 Å². The van der Waals surface area contributed by atoms with E-state index in [1.165, 1.54) is 6.07 Å². The van der Waals surface area contributed by atoms with Crippen molar-refractivity contribution in [2.24, 2.45) is 11.7 Å². The van der Waals surface area contributed by atoms with Gasteiger partial charge in [-0.3, -0.25) is 0 Å². The maximum Gasteiger partial charge on any atom is 0.416 e. The van der Waals surface area contributed by atoms with Crippen LogP contribution in [-0.4, -0.2) is 10.1 Å². The molecule has 4 nitrogen and oxygen atoms in total. The molecule has 0 saturated carbocycles. The predicted octanol–water partition coefficient (Wildman–Crippen LogP) is 3.34. The lowest BCUT2D eigenvalue weighted by Crippen LogP contribution is -2.17. The fourth-order valence-corrected chi connectivity index (χ4v) is 1.80. The highest BCUT2D eigenvalue weighted by atomic mass is 19.4. The number of hydrogen-bond acceptors (Lipinski definition) is 4. The minimum Gasteiger partial charge on any atom is -0.338 e. The molecule has 7 heteroatoms. The zero-order valence-corrected chi connectivity index (χ0v) is 11.7. The number of aromatic nitrogens is 2. The van der Waals surface area contributed by atoms with E-state index in [4.69, 9.17) is 10.3 Å². The van der Waals surface area contributed by atoms with Crippen molar-refractivity contribution in [2.45, 2.75) is 32.5 Å². The summed E-state index contributed by atoms with van der Waals surface area (Å²) in [7, 11) is 0. The summed E-state index contributed by atoms with van der Waals surface area (Å²) < 4.78 is 43.0. The first-order valence-corrected chi connectivity index (χ1v) is 6.51. The molecule has 2 rings (SSSR count). The minimum atomic E-state index is -4.36. The Bertz CT molecular complexity index is 608. The van der Waals surface area contributed by atoms with E-state index in [1.807, 2.05) is 13.8 Å². The van der Waals surface area contributed by atoms with E-state index < -0.39 is 11.7 Å². The molecule has 0 fully saturated rings. The van der Waals surface area contributed by atoms with Gasteiger partial charge in [-0.15, -0.1) is 0 Å². The Morgan fingerprint density at radius 1 is 1.29 bits per heavy atom. The average molecular weight is 299 g/mol. The Balaban J connectivity index is 2.16. The lowest BCUT2D eigenvalue weighted by atomic mass is 10.1. The quantitative estimate of drug-likeness (QED) is 0.940. The molecule has 1 atom stereocenters. The molecular weight excluding hydrogens is 283 g/mol. The summed E-state index contributed by atoms with van der Waals surface area (Å²) in [6.45, 7) is 3.84. The van der Waals surface area contributed by atoms with Crippen LogP contribution in [0.15, 0.2) is 28.8 Å². The Labute approximate surface area is 120 Å². The molecule has 1 unspecified atom stereocenters. The van der Waals surface area contributed by atoms with Gasteiger partial charge in [-0.2, -0.15) is 18.2 Å². The van der Waals surface area contributed by atoms with Crippen molar-refractivity contribution in [2.75, 3.05) is 0 Å². The fourth-order valence-electron chi connectivity index (χ4n) is 1.80. The summed E-state index contributed by atoms with van der Waals surface area (Å²) in [5, 5.41) is 3.76. The Kier molecular flexibility index (Phi) is 4.32. The van der Waals surface area contributed by atoms with E-state index in [0.29, 0.717) is 17.3 Å². The number of nitrogens with two attached hydrogens (primary N) is 1. The van der Waals surface area contributed by atoms with E-state index in [9.17, 15) is 13.2 Å². The lowest BCUT2D eigenvalue weighted by molar-refractivity contribution is -0.137. The summed E-state index contributed by atoms with van der Waals surface area (Å²) in [5.41, 5.74) is 5.66. The van der Waals surface area contributed by atoms with Gasteiger partial charge in [0, 0.05) is 6.42 Å². The highest BCUT2D eigenvalue weighted by molar-refractivity contribution is 5.27. The van der Waals surface area contributed by atoms with Crippen LogP contribution in [0.25, 0.3) is 0 Å². The molecule has 114 valence electrons. The second-order valence-corrected chi connectivity index (χ2v) is 5.19. The van der Waals surface area contributed by atoms with Gasteiger partial charge in [0.05, 0.1) is 11.6 Å². The SMILES string of the molecule is CC(C)C(N)c1nc(Cc2cccc(C(F)(F)F)c2)no1.